The van der Waals surface area contributed by atoms with Crippen LogP contribution in [0.1, 0.15) is 25.8 Å². The highest BCUT2D eigenvalue weighted by atomic mass is 16.6. The minimum Gasteiger partial charge on any atom is -0.258 e. The molecule has 0 saturated carbocycles. The zero-order valence-electron chi connectivity index (χ0n) is 8.73. The molecule has 0 fully saturated rings. The third kappa shape index (κ3) is 2.13. The van der Waals surface area contributed by atoms with E-state index in [0.717, 1.165) is 5.56 Å². The summed E-state index contributed by atoms with van der Waals surface area (Å²) in [6, 6.07) is 8.37. The maximum absolute atomic E-state index is 10.4. The molecule has 1 atom stereocenters. The number of hydrogen-bond acceptors (Lipinski definition) is 3. The minimum absolute atomic E-state index is 0.0511. The molecule has 0 radical (unpaired) electrons. The van der Waals surface area contributed by atoms with Crippen molar-refractivity contribution in [2.45, 2.75) is 25.7 Å². The molecule has 0 saturated heterocycles. The lowest BCUT2D eigenvalue weighted by Crippen LogP contribution is -2.17. The van der Waals surface area contributed by atoms with E-state index in [9.17, 15) is 10.1 Å². The van der Waals surface area contributed by atoms with E-state index >= 15 is 0 Å². The van der Waals surface area contributed by atoms with E-state index in [4.69, 9.17) is 5.26 Å². The van der Waals surface area contributed by atoms with Crippen molar-refractivity contribution in [2.24, 2.45) is 0 Å². The highest BCUT2D eigenvalue weighted by Crippen LogP contribution is 2.27. The van der Waals surface area contributed by atoms with E-state index in [1.54, 1.807) is 12.1 Å². The van der Waals surface area contributed by atoms with Crippen LogP contribution in [0, 0.1) is 21.4 Å². The Hall–Kier alpha value is -1.89. The fraction of sp³-hybridized carbons (Fsp3) is 0.364. The summed E-state index contributed by atoms with van der Waals surface area (Å²) < 4.78 is 0. The van der Waals surface area contributed by atoms with Gasteiger partial charge in [-0.15, -0.1) is 0 Å². The number of non-ortho nitro benzene ring substituents is 1. The van der Waals surface area contributed by atoms with Gasteiger partial charge in [-0.25, -0.2) is 0 Å². The summed E-state index contributed by atoms with van der Waals surface area (Å²) in [6.07, 6.45) is 0.682. The molecule has 4 nitrogen and oxygen atoms in total. The van der Waals surface area contributed by atoms with Gasteiger partial charge in [0.15, 0.2) is 0 Å². The molecule has 0 bridgehead atoms. The molecular weight excluding hydrogens is 192 g/mol. The summed E-state index contributed by atoms with van der Waals surface area (Å²) in [5.41, 5.74) is 0.308. The largest absolute Gasteiger partial charge is 0.269 e. The average Bonchev–Trinajstić information content (AvgIpc) is 2.28. The first-order valence-corrected chi connectivity index (χ1v) is 4.69. The van der Waals surface area contributed by atoms with Crippen molar-refractivity contribution in [3.63, 3.8) is 0 Å². The van der Waals surface area contributed by atoms with Gasteiger partial charge in [-0.2, -0.15) is 5.26 Å². The quantitative estimate of drug-likeness (QED) is 0.561. The van der Waals surface area contributed by atoms with Crippen LogP contribution in [0.15, 0.2) is 24.3 Å². The molecule has 4 heteroatoms. The first kappa shape index (κ1) is 11.2. The second-order valence-corrected chi connectivity index (χ2v) is 3.60. The molecule has 1 rings (SSSR count). The van der Waals surface area contributed by atoms with Gasteiger partial charge in [-0.3, -0.25) is 10.1 Å². The Morgan fingerprint density at radius 3 is 2.33 bits per heavy atom. The van der Waals surface area contributed by atoms with Crippen LogP contribution in [-0.4, -0.2) is 4.92 Å². The lowest BCUT2D eigenvalue weighted by Gasteiger charge is -2.19. The van der Waals surface area contributed by atoms with E-state index in [1.807, 2.05) is 13.8 Å². The van der Waals surface area contributed by atoms with Crippen LogP contribution in [0.5, 0.6) is 0 Å². The maximum Gasteiger partial charge on any atom is 0.269 e. The molecule has 0 aliphatic rings. The Balaban J connectivity index is 3.09. The second kappa shape index (κ2) is 4.09. The van der Waals surface area contributed by atoms with Crippen LogP contribution < -0.4 is 0 Å². The van der Waals surface area contributed by atoms with Crippen molar-refractivity contribution < 1.29 is 4.92 Å². The molecule has 0 aliphatic heterocycles. The molecular formula is C11H12N2O2. The van der Waals surface area contributed by atoms with Crippen LogP contribution in [0.25, 0.3) is 0 Å². The normalized spacial score (nSPS) is 13.9. The number of rotatable bonds is 3. The molecule has 0 aliphatic carbocycles. The van der Waals surface area contributed by atoms with Crippen molar-refractivity contribution in [1.82, 2.24) is 0 Å². The molecule has 0 N–H and O–H groups in total. The fourth-order valence-electron chi connectivity index (χ4n) is 1.30. The Bertz CT molecular complexity index is 406. The zero-order chi connectivity index (χ0) is 11.5. The van der Waals surface area contributed by atoms with Crippen molar-refractivity contribution in [1.29, 1.82) is 5.26 Å². The van der Waals surface area contributed by atoms with E-state index < -0.39 is 10.3 Å². The molecule has 1 aromatic rings. The van der Waals surface area contributed by atoms with E-state index in [-0.39, 0.29) is 5.69 Å². The lowest BCUT2D eigenvalue weighted by molar-refractivity contribution is -0.384. The number of nitrogens with zero attached hydrogens (tertiary/aromatic N) is 2. The number of nitriles is 1. The van der Waals surface area contributed by atoms with Gasteiger partial charge in [0.25, 0.3) is 5.69 Å². The summed E-state index contributed by atoms with van der Waals surface area (Å²) in [7, 11) is 0. The highest BCUT2D eigenvalue weighted by Gasteiger charge is 2.24. The minimum atomic E-state index is -0.560. The summed E-state index contributed by atoms with van der Waals surface area (Å²) in [4.78, 5) is 10.00. The van der Waals surface area contributed by atoms with Gasteiger partial charge in [0.1, 0.15) is 0 Å². The molecule has 78 valence electrons. The van der Waals surface area contributed by atoms with E-state index in [2.05, 4.69) is 6.07 Å². The predicted octanol–water partition coefficient (Wildman–Crippen LogP) is 2.79. The molecule has 0 heterocycles. The number of nitro benzene ring substituents is 1. The number of hydrogen-bond donors (Lipinski definition) is 0. The van der Waals surface area contributed by atoms with E-state index in [1.165, 1.54) is 12.1 Å². The van der Waals surface area contributed by atoms with Crippen molar-refractivity contribution in [3.05, 3.63) is 39.9 Å². The van der Waals surface area contributed by atoms with Crippen molar-refractivity contribution in [2.75, 3.05) is 0 Å². The number of nitro groups is 1. The first-order chi connectivity index (χ1) is 7.03. The highest BCUT2D eigenvalue weighted by molar-refractivity contribution is 5.38. The molecule has 0 amide bonds. The zero-order valence-corrected chi connectivity index (χ0v) is 8.73. The molecule has 1 unspecified atom stereocenters. The van der Waals surface area contributed by atoms with Crippen molar-refractivity contribution in [3.8, 4) is 6.07 Å². The van der Waals surface area contributed by atoms with Gasteiger partial charge >= 0.3 is 0 Å². The van der Waals surface area contributed by atoms with Gasteiger partial charge in [0.05, 0.1) is 16.4 Å². The van der Waals surface area contributed by atoms with Crippen LogP contribution in [0.4, 0.5) is 5.69 Å². The van der Waals surface area contributed by atoms with Gasteiger partial charge < -0.3 is 0 Å². The summed E-state index contributed by atoms with van der Waals surface area (Å²) in [5, 5.41) is 19.5. The average molecular weight is 204 g/mol. The van der Waals surface area contributed by atoms with E-state index in [0.29, 0.717) is 6.42 Å². The Kier molecular flexibility index (Phi) is 3.05. The maximum atomic E-state index is 10.4. The summed E-state index contributed by atoms with van der Waals surface area (Å²) in [6.45, 7) is 3.75. The third-order valence-electron chi connectivity index (χ3n) is 2.67. The molecule has 0 aromatic heterocycles. The standard InChI is InChI=1S/C11H12N2O2/c1-3-11(2,8-12)9-4-6-10(7-5-9)13(14)15/h4-7H,3H2,1-2H3. The smallest absolute Gasteiger partial charge is 0.258 e. The summed E-state index contributed by atoms with van der Waals surface area (Å²) >= 11 is 0. The number of benzene rings is 1. The van der Waals surface area contributed by atoms with Crippen molar-refractivity contribution >= 4 is 5.69 Å². The monoisotopic (exact) mass is 204 g/mol. The topological polar surface area (TPSA) is 66.9 Å². The SMILES string of the molecule is CCC(C)(C#N)c1ccc([N+](=O)[O-])cc1. The molecule has 0 spiro atoms. The third-order valence-corrected chi connectivity index (χ3v) is 2.67. The van der Waals surface area contributed by atoms with Crippen LogP contribution >= 0.6 is 0 Å². The lowest BCUT2D eigenvalue weighted by atomic mass is 9.82. The predicted molar refractivity (Wildman–Crippen MR) is 56.4 cm³/mol. The van der Waals surface area contributed by atoms with Crippen LogP contribution in [0.2, 0.25) is 0 Å². The summed E-state index contributed by atoms with van der Waals surface area (Å²) in [5.74, 6) is 0. The van der Waals surface area contributed by atoms with Crippen LogP contribution in [-0.2, 0) is 5.41 Å². The molecule has 15 heavy (non-hydrogen) atoms. The Labute approximate surface area is 88.3 Å². The van der Waals surface area contributed by atoms with Gasteiger partial charge in [0, 0.05) is 12.1 Å². The van der Waals surface area contributed by atoms with Gasteiger partial charge in [0.2, 0.25) is 0 Å². The van der Waals surface area contributed by atoms with Gasteiger partial charge in [-0.1, -0.05) is 19.1 Å². The van der Waals surface area contributed by atoms with Crippen LogP contribution in [0.3, 0.4) is 0 Å². The Morgan fingerprint density at radius 2 is 2.00 bits per heavy atom. The molecule has 1 aromatic carbocycles. The second-order valence-electron chi connectivity index (χ2n) is 3.60. The fourth-order valence-corrected chi connectivity index (χ4v) is 1.30. The Morgan fingerprint density at radius 1 is 1.47 bits per heavy atom. The first-order valence-electron chi connectivity index (χ1n) is 4.69. The van der Waals surface area contributed by atoms with Gasteiger partial charge in [-0.05, 0) is 18.9 Å².